The van der Waals surface area contributed by atoms with Gasteiger partial charge in [-0.3, -0.25) is 9.69 Å². The molecular formula is C29H32N4O3. The van der Waals surface area contributed by atoms with Crippen LogP contribution in [0.4, 0.5) is 0 Å². The van der Waals surface area contributed by atoms with Crippen molar-refractivity contribution in [3.8, 4) is 17.7 Å². The summed E-state index contributed by atoms with van der Waals surface area (Å²) in [5.41, 5.74) is 2.81. The molecule has 36 heavy (non-hydrogen) atoms. The molecule has 0 aliphatic carbocycles. The first kappa shape index (κ1) is 25.4. The van der Waals surface area contributed by atoms with E-state index in [1.165, 1.54) is 5.56 Å². The fraction of sp³-hybridized carbons (Fsp3) is 0.345. The van der Waals surface area contributed by atoms with Crippen molar-refractivity contribution in [2.75, 3.05) is 26.7 Å². The van der Waals surface area contributed by atoms with Crippen LogP contribution in [0.2, 0.25) is 0 Å². The summed E-state index contributed by atoms with van der Waals surface area (Å²) in [6, 6.07) is 17.2. The van der Waals surface area contributed by atoms with Crippen LogP contribution in [0.1, 0.15) is 41.0 Å². The lowest BCUT2D eigenvalue weighted by Gasteiger charge is -2.37. The van der Waals surface area contributed by atoms with Crippen LogP contribution in [0.5, 0.6) is 5.88 Å². The van der Waals surface area contributed by atoms with Gasteiger partial charge in [0.2, 0.25) is 5.88 Å². The number of amides is 1. The summed E-state index contributed by atoms with van der Waals surface area (Å²) in [5, 5.41) is 9.86. The quantitative estimate of drug-likeness (QED) is 0.542. The van der Waals surface area contributed by atoms with Crippen LogP contribution in [0.3, 0.4) is 0 Å². The molecule has 1 aliphatic rings. The van der Waals surface area contributed by atoms with E-state index in [0.29, 0.717) is 35.8 Å². The van der Waals surface area contributed by atoms with Gasteiger partial charge in [0.1, 0.15) is 17.4 Å². The molecule has 1 aromatic carbocycles. The lowest BCUT2D eigenvalue weighted by Crippen LogP contribution is -2.49. The van der Waals surface area contributed by atoms with Crippen LogP contribution < -0.4 is 4.74 Å². The molecule has 1 amide bonds. The summed E-state index contributed by atoms with van der Waals surface area (Å²) in [6.45, 7) is 5.71. The predicted molar refractivity (Wildman–Crippen MR) is 138 cm³/mol. The molecule has 4 rings (SSSR count). The average molecular weight is 485 g/mol. The lowest BCUT2D eigenvalue weighted by molar-refractivity contribution is 0.0325. The predicted octanol–water partition coefficient (Wildman–Crippen LogP) is 3.23. The summed E-state index contributed by atoms with van der Waals surface area (Å²) in [7, 11) is 2.06. The number of benzene rings is 1. The zero-order valence-corrected chi connectivity index (χ0v) is 21.0. The highest BCUT2D eigenvalue weighted by molar-refractivity contribution is 5.97. The van der Waals surface area contributed by atoms with E-state index in [0.717, 1.165) is 6.54 Å². The van der Waals surface area contributed by atoms with Crippen molar-refractivity contribution in [3.63, 3.8) is 0 Å². The van der Waals surface area contributed by atoms with Crippen molar-refractivity contribution in [2.24, 2.45) is 5.92 Å². The molecule has 0 unspecified atom stereocenters. The minimum atomic E-state index is -0.336. The highest BCUT2D eigenvalue weighted by Crippen LogP contribution is 2.27. The van der Waals surface area contributed by atoms with Crippen molar-refractivity contribution in [1.82, 2.24) is 19.8 Å². The number of aliphatic hydroxyl groups is 1. The fourth-order valence-corrected chi connectivity index (χ4v) is 4.23. The monoisotopic (exact) mass is 484 g/mol. The molecule has 0 bridgehead atoms. The number of carbonyl (C=O) groups is 1. The normalized spacial score (nSPS) is 18.4. The number of fused-ring (bicyclic) bond motifs is 1. The van der Waals surface area contributed by atoms with Crippen molar-refractivity contribution >= 4 is 5.91 Å². The third-order valence-corrected chi connectivity index (χ3v) is 6.31. The van der Waals surface area contributed by atoms with Crippen LogP contribution >= 0.6 is 0 Å². The van der Waals surface area contributed by atoms with Gasteiger partial charge in [0.15, 0.2) is 0 Å². The molecule has 7 heteroatoms. The Morgan fingerprint density at radius 1 is 1.17 bits per heavy atom. The molecule has 3 heterocycles. The number of rotatable bonds is 6. The summed E-state index contributed by atoms with van der Waals surface area (Å²) < 4.78 is 6.38. The Hall–Kier alpha value is -3.73. The Morgan fingerprint density at radius 2 is 1.94 bits per heavy atom. The molecule has 0 spiro atoms. The first-order chi connectivity index (χ1) is 17.4. The zero-order valence-electron chi connectivity index (χ0n) is 21.0. The molecule has 2 aromatic heterocycles. The van der Waals surface area contributed by atoms with Crippen molar-refractivity contribution in [3.05, 3.63) is 89.4 Å². The van der Waals surface area contributed by atoms with Crippen LogP contribution in [0.15, 0.2) is 67.0 Å². The van der Waals surface area contributed by atoms with Gasteiger partial charge in [-0.1, -0.05) is 49.2 Å². The number of pyridine rings is 2. The third-order valence-electron chi connectivity index (χ3n) is 6.31. The van der Waals surface area contributed by atoms with E-state index in [4.69, 9.17) is 4.74 Å². The van der Waals surface area contributed by atoms with Gasteiger partial charge in [-0.05, 0) is 43.7 Å². The highest BCUT2D eigenvalue weighted by atomic mass is 16.5. The van der Waals surface area contributed by atoms with Crippen LogP contribution in [0, 0.1) is 17.8 Å². The van der Waals surface area contributed by atoms with Gasteiger partial charge >= 0.3 is 0 Å². The Bertz CT molecular complexity index is 1220. The maximum Gasteiger partial charge on any atom is 0.259 e. The van der Waals surface area contributed by atoms with E-state index >= 15 is 0 Å². The first-order valence-corrected chi connectivity index (χ1v) is 12.2. The van der Waals surface area contributed by atoms with Gasteiger partial charge in [-0.2, -0.15) is 0 Å². The van der Waals surface area contributed by atoms with E-state index in [2.05, 4.69) is 52.8 Å². The summed E-state index contributed by atoms with van der Waals surface area (Å²) in [4.78, 5) is 26.2. The summed E-state index contributed by atoms with van der Waals surface area (Å²) in [5.74, 6) is 6.16. The number of hydrogen-bond acceptors (Lipinski definition) is 6. The third kappa shape index (κ3) is 6.28. The SMILES string of the molecule is C[C@@H]1CN([C@@H](C)CO)C(=O)c2cc(C#Cc3ccccn3)cnc2O[C@H]1CN(C)Cc1ccccc1. The van der Waals surface area contributed by atoms with Crippen molar-refractivity contribution in [1.29, 1.82) is 0 Å². The van der Waals surface area contributed by atoms with E-state index in [1.807, 2.05) is 43.3 Å². The number of nitrogens with zero attached hydrogens (tertiary/aromatic N) is 4. The minimum Gasteiger partial charge on any atom is -0.472 e. The molecular weight excluding hydrogens is 452 g/mol. The number of hydrogen-bond donors (Lipinski definition) is 1. The maximum absolute atomic E-state index is 13.6. The summed E-state index contributed by atoms with van der Waals surface area (Å²) >= 11 is 0. The Balaban J connectivity index is 1.63. The smallest absolute Gasteiger partial charge is 0.259 e. The molecule has 7 nitrogen and oxygen atoms in total. The average Bonchev–Trinajstić information content (AvgIpc) is 2.90. The molecule has 0 fully saturated rings. The van der Waals surface area contributed by atoms with Gasteiger partial charge in [-0.25, -0.2) is 9.97 Å². The van der Waals surface area contributed by atoms with E-state index < -0.39 is 0 Å². The van der Waals surface area contributed by atoms with E-state index in [9.17, 15) is 9.90 Å². The van der Waals surface area contributed by atoms with Crippen LogP contribution in [0.25, 0.3) is 0 Å². The molecule has 186 valence electrons. The Kier molecular flexibility index (Phi) is 8.32. The first-order valence-electron chi connectivity index (χ1n) is 12.2. The fourth-order valence-electron chi connectivity index (χ4n) is 4.23. The van der Waals surface area contributed by atoms with E-state index in [-0.39, 0.29) is 30.6 Å². The molecule has 0 saturated carbocycles. The van der Waals surface area contributed by atoms with Gasteiger partial charge in [0.05, 0.1) is 12.6 Å². The Morgan fingerprint density at radius 3 is 2.67 bits per heavy atom. The molecule has 3 aromatic rings. The molecule has 1 aliphatic heterocycles. The number of ether oxygens (including phenoxy) is 1. The van der Waals surface area contributed by atoms with E-state index in [1.54, 1.807) is 23.4 Å². The molecule has 1 N–H and O–H groups in total. The second-order valence-corrected chi connectivity index (χ2v) is 9.35. The van der Waals surface area contributed by atoms with Gasteiger partial charge < -0.3 is 14.7 Å². The number of likely N-dealkylation sites (N-methyl/N-ethyl adjacent to an activating group) is 1. The van der Waals surface area contributed by atoms with Gasteiger partial charge in [0, 0.05) is 43.5 Å². The standard InChI is InChI=1S/C29H32N4O3/c1-21-17-33(22(2)20-34)29(35)26-15-24(12-13-25-11-7-8-14-30-25)16-31-28(26)36-27(21)19-32(3)18-23-9-5-4-6-10-23/h4-11,14-16,21-22,27,34H,17-20H2,1-3H3/t21-,22+,27+/m1/s1. The molecule has 3 atom stereocenters. The minimum absolute atomic E-state index is 0.0275. The van der Waals surface area contributed by atoms with Crippen molar-refractivity contribution in [2.45, 2.75) is 32.5 Å². The molecule has 0 radical (unpaired) electrons. The second kappa shape index (κ2) is 11.8. The zero-order chi connectivity index (χ0) is 25.5. The van der Waals surface area contributed by atoms with Gasteiger partial charge in [-0.15, -0.1) is 0 Å². The van der Waals surface area contributed by atoms with Crippen LogP contribution in [-0.2, 0) is 6.54 Å². The highest BCUT2D eigenvalue weighted by Gasteiger charge is 2.34. The number of aliphatic hydroxyl groups excluding tert-OH is 1. The largest absolute Gasteiger partial charge is 0.472 e. The lowest BCUT2D eigenvalue weighted by atomic mass is 9.99. The topological polar surface area (TPSA) is 78.8 Å². The second-order valence-electron chi connectivity index (χ2n) is 9.35. The van der Waals surface area contributed by atoms with Gasteiger partial charge in [0.25, 0.3) is 5.91 Å². The Labute approximate surface area is 212 Å². The number of carbonyl (C=O) groups excluding carboxylic acids is 1. The molecule has 0 saturated heterocycles. The maximum atomic E-state index is 13.6. The van der Waals surface area contributed by atoms with Crippen LogP contribution in [-0.4, -0.2) is 69.7 Å². The van der Waals surface area contributed by atoms with Crippen molar-refractivity contribution < 1.29 is 14.6 Å². The summed E-state index contributed by atoms with van der Waals surface area (Å²) in [6.07, 6.45) is 3.11. The number of aromatic nitrogens is 2.